The maximum Gasteiger partial charge on any atom is 0.409 e. The molecule has 0 bridgehead atoms. The summed E-state index contributed by atoms with van der Waals surface area (Å²) < 4.78 is 47.9. The van der Waals surface area contributed by atoms with Crippen LogP contribution in [0.3, 0.4) is 0 Å². The van der Waals surface area contributed by atoms with Crippen molar-refractivity contribution in [2.24, 2.45) is 0 Å². The van der Waals surface area contributed by atoms with E-state index in [2.05, 4.69) is 0 Å². The van der Waals surface area contributed by atoms with Gasteiger partial charge in [-0.15, -0.1) is 0 Å². The van der Waals surface area contributed by atoms with Gasteiger partial charge in [-0.05, 0) is 19.3 Å². The summed E-state index contributed by atoms with van der Waals surface area (Å²) in [4.78, 5) is 27.9. The maximum atomic E-state index is 12.5. The van der Waals surface area contributed by atoms with Crippen LogP contribution in [-0.4, -0.2) is 92.1 Å². The number of likely N-dealkylation sites (tertiary alicyclic amines) is 1. The Balaban J connectivity index is 1.88. The van der Waals surface area contributed by atoms with Gasteiger partial charge in [-0.25, -0.2) is 9.59 Å². The summed E-state index contributed by atoms with van der Waals surface area (Å²) in [6.45, 7) is 0.836. The van der Waals surface area contributed by atoms with Gasteiger partial charge in [0.1, 0.15) is 13.2 Å². The third-order valence-electron chi connectivity index (χ3n) is 4.28. The minimum atomic E-state index is -4.45. The number of piperidine rings is 1. The third-order valence-corrected chi connectivity index (χ3v) is 4.28. The predicted molar refractivity (Wildman–Crippen MR) is 82.2 cm³/mol. The van der Waals surface area contributed by atoms with Crippen molar-refractivity contribution in [3.63, 3.8) is 0 Å². The number of alkyl halides is 3. The van der Waals surface area contributed by atoms with Gasteiger partial charge in [-0.1, -0.05) is 0 Å². The van der Waals surface area contributed by atoms with E-state index in [1.54, 1.807) is 0 Å². The van der Waals surface area contributed by atoms with Gasteiger partial charge in [0.15, 0.2) is 0 Å². The molecule has 1 atom stereocenters. The van der Waals surface area contributed by atoms with Crippen molar-refractivity contribution in [1.82, 2.24) is 14.7 Å². The molecule has 0 aromatic heterocycles. The van der Waals surface area contributed by atoms with Gasteiger partial charge in [0.05, 0.1) is 19.3 Å². The fourth-order valence-corrected chi connectivity index (χ4v) is 2.99. The highest BCUT2D eigenvalue weighted by Gasteiger charge is 2.35. The first-order valence-corrected chi connectivity index (χ1v) is 8.36. The van der Waals surface area contributed by atoms with Crippen LogP contribution in [0.4, 0.5) is 22.8 Å². The first-order chi connectivity index (χ1) is 11.8. The number of hydrogen-bond acceptors (Lipinski definition) is 4. The second kappa shape index (κ2) is 8.59. The molecule has 2 aliphatic rings. The SMILES string of the molecule is CN(CC(F)(F)F)C(=O)N1CCCCC1COC(=O)N1CCOCC1. The van der Waals surface area contributed by atoms with Crippen LogP contribution in [0.5, 0.6) is 0 Å². The number of carbonyl (C=O) groups is 2. The van der Waals surface area contributed by atoms with Crippen LogP contribution in [0.2, 0.25) is 0 Å². The Morgan fingerprint density at radius 2 is 1.88 bits per heavy atom. The van der Waals surface area contributed by atoms with Gasteiger partial charge in [-0.2, -0.15) is 13.2 Å². The maximum absolute atomic E-state index is 12.5. The molecule has 2 fully saturated rings. The zero-order chi connectivity index (χ0) is 18.4. The number of morpholine rings is 1. The monoisotopic (exact) mass is 367 g/mol. The molecule has 0 spiro atoms. The lowest BCUT2D eigenvalue weighted by atomic mass is 10.0. The van der Waals surface area contributed by atoms with Crippen molar-refractivity contribution in [1.29, 1.82) is 0 Å². The normalized spacial score (nSPS) is 21.8. The van der Waals surface area contributed by atoms with Crippen LogP contribution >= 0.6 is 0 Å². The number of urea groups is 1. The average molecular weight is 367 g/mol. The molecule has 0 radical (unpaired) electrons. The number of ether oxygens (including phenoxy) is 2. The van der Waals surface area contributed by atoms with E-state index in [9.17, 15) is 22.8 Å². The van der Waals surface area contributed by atoms with Crippen LogP contribution in [0, 0.1) is 0 Å². The molecule has 2 rings (SSSR count). The summed E-state index contributed by atoms with van der Waals surface area (Å²) in [7, 11) is 1.13. The molecule has 7 nitrogen and oxygen atoms in total. The molecule has 0 aliphatic carbocycles. The Morgan fingerprint density at radius 3 is 2.52 bits per heavy atom. The minimum absolute atomic E-state index is 0.0121. The Bertz CT molecular complexity index is 469. The van der Waals surface area contributed by atoms with Crippen molar-refractivity contribution < 1.29 is 32.2 Å². The van der Waals surface area contributed by atoms with Crippen LogP contribution in [0.1, 0.15) is 19.3 Å². The zero-order valence-corrected chi connectivity index (χ0v) is 14.3. The summed E-state index contributed by atoms with van der Waals surface area (Å²) >= 11 is 0. The number of hydrogen-bond donors (Lipinski definition) is 0. The molecule has 25 heavy (non-hydrogen) atoms. The van der Waals surface area contributed by atoms with Crippen molar-refractivity contribution in [2.45, 2.75) is 31.5 Å². The highest BCUT2D eigenvalue weighted by atomic mass is 19.4. The van der Waals surface area contributed by atoms with Crippen LogP contribution in [0.15, 0.2) is 0 Å². The van der Waals surface area contributed by atoms with Crippen molar-refractivity contribution in [3.05, 3.63) is 0 Å². The molecular weight excluding hydrogens is 343 g/mol. The Labute approximate surface area is 144 Å². The molecule has 1 unspecified atom stereocenters. The van der Waals surface area contributed by atoms with Crippen molar-refractivity contribution >= 4 is 12.1 Å². The van der Waals surface area contributed by atoms with Gasteiger partial charge in [0.25, 0.3) is 0 Å². The van der Waals surface area contributed by atoms with Crippen molar-refractivity contribution in [3.8, 4) is 0 Å². The summed E-state index contributed by atoms with van der Waals surface area (Å²) in [6.07, 6.45) is -2.77. The minimum Gasteiger partial charge on any atom is -0.447 e. The van der Waals surface area contributed by atoms with E-state index in [1.807, 2.05) is 0 Å². The largest absolute Gasteiger partial charge is 0.447 e. The second-order valence-corrected chi connectivity index (χ2v) is 6.27. The number of nitrogens with zero attached hydrogens (tertiary/aromatic N) is 3. The average Bonchev–Trinajstić information content (AvgIpc) is 2.58. The highest BCUT2D eigenvalue weighted by molar-refractivity contribution is 5.75. The number of halogens is 3. The Hall–Kier alpha value is -1.71. The van der Waals surface area contributed by atoms with Gasteiger partial charge in [0, 0.05) is 26.7 Å². The van der Waals surface area contributed by atoms with Gasteiger partial charge >= 0.3 is 18.3 Å². The van der Waals surface area contributed by atoms with E-state index in [-0.39, 0.29) is 6.61 Å². The van der Waals surface area contributed by atoms with E-state index in [4.69, 9.17) is 9.47 Å². The molecule has 2 heterocycles. The molecule has 0 saturated carbocycles. The summed E-state index contributed by atoms with van der Waals surface area (Å²) in [5.41, 5.74) is 0. The smallest absolute Gasteiger partial charge is 0.409 e. The Kier molecular flexibility index (Phi) is 6.74. The molecule has 3 amide bonds. The van der Waals surface area contributed by atoms with E-state index < -0.39 is 30.9 Å². The Morgan fingerprint density at radius 1 is 1.20 bits per heavy atom. The van der Waals surface area contributed by atoms with Crippen molar-refractivity contribution in [2.75, 3.05) is 53.0 Å². The molecule has 0 aromatic carbocycles. The van der Waals surface area contributed by atoms with E-state index in [0.717, 1.165) is 19.9 Å². The second-order valence-electron chi connectivity index (χ2n) is 6.27. The molecule has 2 saturated heterocycles. The number of amides is 3. The fourth-order valence-electron chi connectivity index (χ4n) is 2.99. The van der Waals surface area contributed by atoms with E-state index >= 15 is 0 Å². The van der Waals surface area contributed by atoms with Crippen LogP contribution in [-0.2, 0) is 9.47 Å². The highest BCUT2D eigenvalue weighted by Crippen LogP contribution is 2.21. The topological polar surface area (TPSA) is 62.3 Å². The van der Waals surface area contributed by atoms with Crippen LogP contribution < -0.4 is 0 Å². The first kappa shape index (κ1) is 19.6. The van der Waals surface area contributed by atoms with Gasteiger partial charge in [-0.3, -0.25) is 0 Å². The molecule has 0 N–H and O–H groups in total. The third kappa shape index (κ3) is 5.94. The number of carbonyl (C=O) groups excluding carboxylic acids is 2. The van der Waals surface area contributed by atoms with Crippen LogP contribution in [0.25, 0.3) is 0 Å². The van der Waals surface area contributed by atoms with Gasteiger partial charge in [0.2, 0.25) is 0 Å². The zero-order valence-electron chi connectivity index (χ0n) is 14.3. The summed E-state index contributed by atoms with van der Waals surface area (Å²) in [5.74, 6) is 0. The molecular formula is C15H24F3N3O4. The fraction of sp³-hybridized carbons (Fsp3) is 0.867. The lowest BCUT2D eigenvalue weighted by Gasteiger charge is -2.38. The quantitative estimate of drug-likeness (QED) is 0.765. The first-order valence-electron chi connectivity index (χ1n) is 8.36. The molecule has 144 valence electrons. The lowest BCUT2D eigenvalue weighted by Crippen LogP contribution is -2.53. The lowest BCUT2D eigenvalue weighted by molar-refractivity contribution is -0.139. The molecule has 0 aromatic rings. The van der Waals surface area contributed by atoms with Gasteiger partial charge < -0.3 is 24.2 Å². The molecule has 10 heteroatoms. The number of rotatable bonds is 3. The summed E-state index contributed by atoms with van der Waals surface area (Å²) in [5, 5.41) is 0. The van der Waals surface area contributed by atoms with E-state index in [0.29, 0.717) is 44.2 Å². The standard InChI is InChI=1S/C15H24F3N3O4/c1-19(11-15(16,17)18)13(22)21-5-3-2-4-12(21)10-25-14(23)20-6-8-24-9-7-20/h12H,2-11H2,1H3. The van der Waals surface area contributed by atoms with E-state index in [1.165, 1.54) is 9.80 Å². The molecule has 2 aliphatic heterocycles. The summed E-state index contributed by atoms with van der Waals surface area (Å²) in [6, 6.07) is -1.09. The predicted octanol–water partition coefficient (Wildman–Crippen LogP) is 1.92.